The molecule has 0 bridgehead atoms. The van der Waals surface area contributed by atoms with Gasteiger partial charge in [-0.15, -0.1) is 11.6 Å². The predicted octanol–water partition coefficient (Wildman–Crippen LogP) is 2.87. The van der Waals surface area contributed by atoms with Crippen molar-refractivity contribution < 1.29 is 14.1 Å². The van der Waals surface area contributed by atoms with Crippen LogP contribution in [0, 0.1) is 21.8 Å². The molecule has 0 aliphatic heterocycles. The van der Waals surface area contributed by atoms with Gasteiger partial charge in [-0.25, -0.2) is 4.39 Å². The minimum absolute atomic E-state index is 0.0790. The van der Waals surface area contributed by atoms with Gasteiger partial charge in [0.05, 0.1) is 11.0 Å². The van der Waals surface area contributed by atoms with E-state index in [1.54, 1.807) is 0 Å². The van der Waals surface area contributed by atoms with E-state index in [0.29, 0.717) is 5.88 Å². The Kier molecular flexibility index (Phi) is 4.54. The zero-order valence-corrected chi connectivity index (χ0v) is 11.4. The van der Waals surface area contributed by atoms with Gasteiger partial charge < -0.3 is 5.32 Å². The van der Waals surface area contributed by atoms with E-state index < -0.39 is 22.3 Å². The predicted molar refractivity (Wildman–Crippen MR) is 72.4 cm³/mol. The third kappa shape index (κ3) is 3.07. The van der Waals surface area contributed by atoms with Crippen LogP contribution in [0.5, 0.6) is 0 Å². The Morgan fingerprint density at radius 1 is 1.50 bits per heavy atom. The van der Waals surface area contributed by atoms with Crippen LogP contribution in [-0.4, -0.2) is 22.8 Å². The summed E-state index contributed by atoms with van der Waals surface area (Å²) in [5, 5.41) is 13.6. The van der Waals surface area contributed by atoms with Crippen molar-refractivity contribution in [2.45, 2.75) is 25.3 Å². The van der Waals surface area contributed by atoms with E-state index in [2.05, 4.69) is 5.32 Å². The molecule has 0 radical (unpaired) electrons. The molecule has 1 aliphatic carbocycles. The number of hydrogen-bond acceptors (Lipinski definition) is 3. The van der Waals surface area contributed by atoms with Crippen molar-refractivity contribution in [2.75, 3.05) is 5.88 Å². The number of carbonyl (C=O) groups excluding carboxylic acids is 1. The van der Waals surface area contributed by atoms with Crippen LogP contribution in [0.15, 0.2) is 18.2 Å². The summed E-state index contributed by atoms with van der Waals surface area (Å²) in [6, 6.07) is 2.84. The minimum atomic E-state index is -0.758. The summed E-state index contributed by atoms with van der Waals surface area (Å²) in [7, 11) is 0. The summed E-state index contributed by atoms with van der Waals surface area (Å²) in [5.41, 5.74) is -0.653. The molecule has 0 spiro atoms. The Balaban J connectivity index is 2.19. The third-order valence-corrected chi connectivity index (χ3v) is 3.97. The molecule has 1 saturated carbocycles. The van der Waals surface area contributed by atoms with E-state index in [4.69, 9.17) is 11.6 Å². The van der Waals surface area contributed by atoms with Gasteiger partial charge in [-0.2, -0.15) is 0 Å². The van der Waals surface area contributed by atoms with E-state index in [1.165, 1.54) is 0 Å². The molecule has 2 atom stereocenters. The highest BCUT2D eigenvalue weighted by Gasteiger charge is 2.30. The number of nitro benzene ring substituents is 1. The summed E-state index contributed by atoms with van der Waals surface area (Å²) in [4.78, 5) is 22.2. The van der Waals surface area contributed by atoms with Gasteiger partial charge in [-0.05, 0) is 30.9 Å². The number of halogens is 2. The van der Waals surface area contributed by atoms with Crippen LogP contribution in [0.3, 0.4) is 0 Å². The molecule has 5 nitrogen and oxygen atoms in total. The van der Waals surface area contributed by atoms with E-state index in [1.807, 2.05) is 0 Å². The van der Waals surface area contributed by atoms with Crippen LogP contribution >= 0.6 is 11.6 Å². The van der Waals surface area contributed by atoms with Crippen molar-refractivity contribution in [1.29, 1.82) is 0 Å². The number of hydrogen-bond donors (Lipinski definition) is 1. The summed E-state index contributed by atoms with van der Waals surface area (Å²) in [6.45, 7) is 0. The van der Waals surface area contributed by atoms with Gasteiger partial charge in [0, 0.05) is 11.9 Å². The Labute approximate surface area is 120 Å². The van der Waals surface area contributed by atoms with Gasteiger partial charge in [-0.1, -0.05) is 6.42 Å². The summed E-state index contributed by atoms with van der Waals surface area (Å²) < 4.78 is 13.0. The summed E-state index contributed by atoms with van der Waals surface area (Å²) in [6.07, 6.45) is 2.70. The number of carbonyl (C=O) groups is 1. The molecule has 1 amide bonds. The standard InChI is InChI=1S/C13H14ClFN2O3/c14-7-8-2-1-3-11(8)16-13(18)10-5-4-9(15)6-12(10)17(19)20/h4-6,8,11H,1-3,7H2,(H,16,18). The third-order valence-electron chi connectivity index (χ3n) is 3.57. The molecule has 0 aromatic heterocycles. The molecule has 1 fully saturated rings. The van der Waals surface area contributed by atoms with Crippen LogP contribution in [0.4, 0.5) is 10.1 Å². The second-order valence-electron chi connectivity index (χ2n) is 4.84. The smallest absolute Gasteiger partial charge is 0.285 e. The number of rotatable bonds is 4. The number of nitrogens with zero attached hydrogens (tertiary/aromatic N) is 1. The first-order valence-electron chi connectivity index (χ1n) is 6.33. The van der Waals surface area contributed by atoms with E-state index in [-0.39, 0.29) is 17.5 Å². The normalized spacial score (nSPS) is 21.7. The molecule has 20 heavy (non-hydrogen) atoms. The van der Waals surface area contributed by atoms with E-state index in [9.17, 15) is 19.3 Å². The van der Waals surface area contributed by atoms with E-state index in [0.717, 1.165) is 37.5 Å². The molecular formula is C13H14ClFN2O3. The lowest BCUT2D eigenvalue weighted by Crippen LogP contribution is -2.38. The zero-order valence-electron chi connectivity index (χ0n) is 10.6. The largest absolute Gasteiger partial charge is 0.349 e. The van der Waals surface area contributed by atoms with Crippen molar-refractivity contribution in [3.8, 4) is 0 Å². The fraction of sp³-hybridized carbons (Fsp3) is 0.462. The quantitative estimate of drug-likeness (QED) is 0.528. The first-order valence-corrected chi connectivity index (χ1v) is 6.87. The van der Waals surface area contributed by atoms with Gasteiger partial charge in [0.25, 0.3) is 11.6 Å². The van der Waals surface area contributed by atoms with Gasteiger partial charge in [0.15, 0.2) is 0 Å². The molecule has 1 N–H and O–H groups in total. The maximum atomic E-state index is 13.0. The summed E-state index contributed by atoms with van der Waals surface area (Å²) >= 11 is 5.83. The molecule has 7 heteroatoms. The molecule has 0 heterocycles. The molecule has 1 aromatic rings. The Bertz CT molecular complexity index is 538. The number of benzene rings is 1. The fourth-order valence-electron chi connectivity index (χ4n) is 2.51. The first kappa shape index (κ1) is 14.7. The summed E-state index contributed by atoms with van der Waals surface area (Å²) in [5.74, 6) is -0.678. The van der Waals surface area contributed by atoms with Crippen LogP contribution in [0.2, 0.25) is 0 Å². The molecule has 1 aromatic carbocycles. The molecule has 0 saturated heterocycles. The highest BCUT2D eigenvalue weighted by Crippen LogP contribution is 2.27. The van der Waals surface area contributed by atoms with Crippen molar-refractivity contribution in [2.24, 2.45) is 5.92 Å². The fourth-order valence-corrected chi connectivity index (χ4v) is 2.87. The Morgan fingerprint density at radius 2 is 2.25 bits per heavy atom. The van der Waals surface area contributed by atoms with Crippen LogP contribution in [0.1, 0.15) is 29.6 Å². The van der Waals surface area contributed by atoms with Crippen LogP contribution in [0.25, 0.3) is 0 Å². The van der Waals surface area contributed by atoms with Crippen molar-refractivity contribution in [3.63, 3.8) is 0 Å². The SMILES string of the molecule is O=C(NC1CCCC1CCl)c1ccc(F)cc1[N+](=O)[O-]. The van der Waals surface area contributed by atoms with Crippen LogP contribution in [-0.2, 0) is 0 Å². The lowest BCUT2D eigenvalue weighted by Gasteiger charge is -2.18. The molecular weight excluding hydrogens is 287 g/mol. The molecule has 2 rings (SSSR count). The lowest BCUT2D eigenvalue weighted by molar-refractivity contribution is -0.385. The Hall–Kier alpha value is -1.69. The zero-order chi connectivity index (χ0) is 14.7. The number of amides is 1. The van der Waals surface area contributed by atoms with Crippen molar-refractivity contribution in [3.05, 3.63) is 39.7 Å². The van der Waals surface area contributed by atoms with Gasteiger partial charge in [-0.3, -0.25) is 14.9 Å². The second kappa shape index (κ2) is 6.17. The Morgan fingerprint density at radius 3 is 2.90 bits per heavy atom. The average Bonchev–Trinajstić information content (AvgIpc) is 2.85. The highest BCUT2D eigenvalue weighted by atomic mass is 35.5. The molecule has 1 aliphatic rings. The van der Waals surface area contributed by atoms with Crippen molar-refractivity contribution >= 4 is 23.2 Å². The van der Waals surface area contributed by atoms with Crippen LogP contribution < -0.4 is 5.32 Å². The van der Waals surface area contributed by atoms with Crippen molar-refractivity contribution in [1.82, 2.24) is 5.32 Å². The maximum Gasteiger partial charge on any atom is 0.285 e. The van der Waals surface area contributed by atoms with Gasteiger partial charge in [0.2, 0.25) is 0 Å². The highest BCUT2D eigenvalue weighted by molar-refractivity contribution is 6.18. The lowest BCUT2D eigenvalue weighted by atomic mass is 10.1. The van der Waals surface area contributed by atoms with Gasteiger partial charge >= 0.3 is 0 Å². The number of nitrogens with one attached hydrogen (secondary N) is 1. The second-order valence-corrected chi connectivity index (χ2v) is 5.15. The minimum Gasteiger partial charge on any atom is -0.349 e. The topological polar surface area (TPSA) is 72.2 Å². The van der Waals surface area contributed by atoms with Gasteiger partial charge in [0.1, 0.15) is 11.4 Å². The monoisotopic (exact) mass is 300 g/mol. The molecule has 2 unspecified atom stereocenters. The molecule has 108 valence electrons. The van der Waals surface area contributed by atoms with E-state index >= 15 is 0 Å². The maximum absolute atomic E-state index is 13.0. The number of alkyl halides is 1. The first-order chi connectivity index (χ1) is 9.52. The number of nitro groups is 1. The average molecular weight is 301 g/mol.